The third-order valence-corrected chi connectivity index (χ3v) is 5.29. The van der Waals surface area contributed by atoms with E-state index in [9.17, 15) is 0 Å². The van der Waals surface area contributed by atoms with E-state index in [1.54, 1.807) is 0 Å². The zero-order valence-corrected chi connectivity index (χ0v) is 15.8. The van der Waals surface area contributed by atoms with E-state index >= 15 is 0 Å². The van der Waals surface area contributed by atoms with Gasteiger partial charge in [0.25, 0.3) is 0 Å². The third-order valence-electron chi connectivity index (χ3n) is 5.29. The van der Waals surface area contributed by atoms with E-state index in [-0.39, 0.29) is 0 Å². The van der Waals surface area contributed by atoms with Gasteiger partial charge < -0.3 is 20.4 Å². The molecule has 1 atom stereocenters. The summed E-state index contributed by atoms with van der Waals surface area (Å²) < 4.78 is 0. The standard InChI is InChI=1S/C20H33N5/c1-17-6-8-19(9-7-17)25-15-10-18(16-25)23-20(21-2)22-11-5-14-24-12-3-4-13-24/h6-9,18H,3-5,10-16H2,1-2H3,(H2,21,22,23). The van der Waals surface area contributed by atoms with Crippen LogP contribution in [0.5, 0.6) is 0 Å². The maximum Gasteiger partial charge on any atom is 0.191 e. The van der Waals surface area contributed by atoms with Gasteiger partial charge in [-0.25, -0.2) is 0 Å². The molecule has 5 nitrogen and oxygen atoms in total. The average Bonchev–Trinajstić information content (AvgIpc) is 3.30. The number of aryl methyl sites for hydroxylation is 1. The lowest BCUT2D eigenvalue weighted by Gasteiger charge is -2.21. The summed E-state index contributed by atoms with van der Waals surface area (Å²) in [7, 11) is 1.86. The number of nitrogens with one attached hydrogen (secondary N) is 2. The van der Waals surface area contributed by atoms with E-state index in [1.807, 2.05) is 7.05 Å². The zero-order chi connectivity index (χ0) is 17.5. The quantitative estimate of drug-likeness (QED) is 0.472. The Hall–Kier alpha value is -1.75. The van der Waals surface area contributed by atoms with Crippen molar-refractivity contribution in [2.24, 2.45) is 4.99 Å². The van der Waals surface area contributed by atoms with Gasteiger partial charge in [0, 0.05) is 38.4 Å². The van der Waals surface area contributed by atoms with E-state index in [1.165, 1.54) is 50.1 Å². The number of rotatable bonds is 6. The van der Waals surface area contributed by atoms with Crippen LogP contribution in [0.25, 0.3) is 0 Å². The Morgan fingerprint density at radius 2 is 1.92 bits per heavy atom. The molecule has 1 aromatic rings. The van der Waals surface area contributed by atoms with Gasteiger partial charge in [0.05, 0.1) is 0 Å². The number of anilines is 1. The van der Waals surface area contributed by atoms with Crippen LogP contribution in [0.1, 0.15) is 31.2 Å². The third kappa shape index (κ3) is 5.36. The summed E-state index contributed by atoms with van der Waals surface area (Å²) in [4.78, 5) is 9.41. The van der Waals surface area contributed by atoms with Crippen LogP contribution >= 0.6 is 0 Å². The smallest absolute Gasteiger partial charge is 0.191 e. The number of nitrogens with zero attached hydrogens (tertiary/aromatic N) is 3. The summed E-state index contributed by atoms with van der Waals surface area (Å²) in [6, 6.07) is 9.30. The first-order valence-corrected chi connectivity index (χ1v) is 9.76. The van der Waals surface area contributed by atoms with Crippen molar-refractivity contribution >= 4 is 11.6 Å². The van der Waals surface area contributed by atoms with Crippen molar-refractivity contribution < 1.29 is 0 Å². The molecule has 5 heteroatoms. The molecule has 2 N–H and O–H groups in total. The van der Waals surface area contributed by atoms with E-state index in [2.05, 4.69) is 56.6 Å². The molecule has 138 valence electrons. The van der Waals surface area contributed by atoms with Crippen LogP contribution in [0.4, 0.5) is 5.69 Å². The number of hydrogen-bond acceptors (Lipinski definition) is 3. The van der Waals surface area contributed by atoms with Gasteiger partial charge in [-0.3, -0.25) is 4.99 Å². The fraction of sp³-hybridized carbons (Fsp3) is 0.650. The second-order valence-electron chi connectivity index (χ2n) is 7.31. The largest absolute Gasteiger partial charge is 0.369 e. The summed E-state index contributed by atoms with van der Waals surface area (Å²) >= 11 is 0. The molecule has 0 spiro atoms. The first-order valence-electron chi connectivity index (χ1n) is 9.76. The maximum absolute atomic E-state index is 4.39. The van der Waals surface area contributed by atoms with Gasteiger partial charge in [0.15, 0.2) is 5.96 Å². The van der Waals surface area contributed by atoms with Crippen molar-refractivity contribution in [3.8, 4) is 0 Å². The molecule has 2 saturated heterocycles. The number of guanidine groups is 1. The predicted octanol–water partition coefficient (Wildman–Crippen LogP) is 2.22. The van der Waals surface area contributed by atoms with Crippen LogP contribution in [-0.2, 0) is 0 Å². The Morgan fingerprint density at radius 3 is 2.64 bits per heavy atom. The highest BCUT2D eigenvalue weighted by Crippen LogP contribution is 2.20. The second-order valence-corrected chi connectivity index (χ2v) is 7.31. The predicted molar refractivity (Wildman–Crippen MR) is 107 cm³/mol. The lowest BCUT2D eigenvalue weighted by molar-refractivity contribution is 0.334. The van der Waals surface area contributed by atoms with Crippen molar-refractivity contribution in [1.82, 2.24) is 15.5 Å². The molecule has 2 aliphatic rings. The molecule has 2 heterocycles. The highest BCUT2D eigenvalue weighted by atomic mass is 15.2. The summed E-state index contributed by atoms with van der Waals surface area (Å²) in [5.41, 5.74) is 2.64. The van der Waals surface area contributed by atoms with E-state index < -0.39 is 0 Å². The fourth-order valence-electron chi connectivity index (χ4n) is 3.77. The molecule has 0 bridgehead atoms. The van der Waals surface area contributed by atoms with Gasteiger partial charge in [-0.2, -0.15) is 0 Å². The molecule has 3 rings (SSSR count). The average molecular weight is 344 g/mol. The molecule has 1 unspecified atom stereocenters. The van der Waals surface area contributed by atoms with Crippen LogP contribution in [0.3, 0.4) is 0 Å². The minimum Gasteiger partial charge on any atom is -0.369 e. The van der Waals surface area contributed by atoms with Crippen molar-refractivity contribution in [3.05, 3.63) is 29.8 Å². The Bertz CT molecular complexity index is 548. The summed E-state index contributed by atoms with van der Waals surface area (Å²) in [5.74, 6) is 0.942. The molecule has 0 aliphatic carbocycles. The molecule has 0 radical (unpaired) electrons. The minimum atomic E-state index is 0.464. The van der Waals surface area contributed by atoms with Crippen LogP contribution in [0.15, 0.2) is 29.3 Å². The molecule has 2 fully saturated rings. The van der Waals surface area contributed by atoms with Crippen molar-refractivity contribution in [3.63, 3.8) is 0 Å². The topological polar surface area (TPSA) is 42.9 Å². The highest BCUT2D eigenvalue weighted by molar-refractivity contribution is 5.80. The van der Waals surface area contributed by atoms with Crippen molar-refractivity contribution in [1.29, 1.82) is 0 Å². The second kappa shape index (κ2) is 9.09. The SMILES string of the molecule is CN=C(NCCCN1CCCC1)NC1CCN(c2ccc(C)cc2)C1. The maximum atomic E-state index is 4.39. The minimum absolute atomic E-state index is 0.464. The van der Waals surface area contributed by atoms with Gasteiger partial charge in [-0.05, 0) is 64.4 Å². The van der Waals surface area contributed by atoms with Crippen molar-refractivity contribution in [2.45, 2.75) is 38.6 Å². The molecular weight excluding hydrogens is 310 g/mol. The first-order chi connectivity index (χ1) is 12.2. The molecular formula is C20H33N5. The summed E-state index contributed by atoms with van der Waals surface area (Å²) in [6.07, 6.45) is 5.08. The van der Waals surface area contributed by atoms with E-state index in [4.69, 9.17) is 0 Å². The van der Waals surface area contributed by atoms with Gasteiger partial charge in [0.2, 0.25) is 0 Å². The Balaban J connectivity index is 1.37. The number of hydrogen-bond donors (Lipinski definition) is 2. The molecule has 2 aliphatic heterocycles. The number of benzene rings is 1. The van der Waals surface area contributed by atoms with Gasteiger partial charge >= 0.3 is 0 Å². The lowest BCUT2D eigenvalue weighted by Crippen LogP contribution is -2.45. The van der Waals surface area contributed by atoms with E-state index in [0.29, 0.717) is 6.04 Å². The van der Waals surface area contributed by atoms with Crippen LogP contribution in [0.2, 0.25) is 0 Å². The molecule has 25 heavy (non-hydrogen) atoms. The number of likely N-dealkylation sites (tertiary alicyclic amines) is 1. The van der Waals surface area contributed by atoms with Crippen LogP contribution < -0.4 is 15.5 Å². The Morgan fingerprint density at radius 1 is 1.16 bits per heavy atom. The van der Waals surface area contributed by atoms with Gasteiger partial charge in [0.1, 0.15) is 0 Å². The monoisotopic (exact) mass is 343 g/mol. The highest BCUT2D eigenvalue weighted by Gasteiger charge is 2.23. The van der Waals surface area contributed by atoms with E-state index in [0.717, 1.165) is 32.0 Å². The van der Waals surface area contributed by atoms with Gasteiger partial charge in [-0.15, -0.1) is 0 Å². The number of aliphatic imine (C=N–C) groups is 1. The summed E-state index contributed by atoms with van der Waals surface area (Å²) in [6.45, 7) is 9.04. The normalized spacial score (nSPS) is 21.8. The van der Waals surface area contributed by atoms with Crippen LogP contribution in [0, 0.1) is 6.92 Å². The Labute approximate surface area is 152 Å². The zero-order valence-electron chi connectivity index (χ0n) is 15.8. The molecule has 0 aromatic heterocycles. The fourth-order valence-corrected chi connectivity index (χ4v) is 3.77. The summed E-state index contributed by atoms with van der Waals surface area (Å²) in [5, 5.41) is 7.06. The lowest BCUT2D eigenvalue weighted by atomic mass is 10.2. The van der Waals surface area contributed by atoms with Gasteiger partial charge in [-0.1, -0.05) is 17.7 Å². The Kier molecular flexibility index (Phi) is 6.56. The van der Waals surface area contributed by atoms with Crippen LogP contribution in [-0.4, -0.2) is 63.2 Å². The molecule has 0 amide bonds. The first kappa shape index (κ1) is 18.1. The van der Waals surface area contributed by atoms with Crippen molar-refractivity contribution in [2.75, 3.05) is 51.2 Å². The molecule has 1 aromatic carbocycles. The molecule has 0 saturated carbocycles.